The molecule has 0 spiro atoms. The number of carbonyl (C=O) groups excluding carboxylic acids is 1. The Bertz CT molecular complexity index is 250. The summed E-state index contributed by atoms with van der Waals surface area (Å²) in [7, 11) is 0. The van der Waals surface area contributed by atoms with E-state index in [1.165, 1.54) is 0 Å². The van der Waals surface area contributed by atoms with Crippen molar-refractivity contribution < 1.29 is 19.0 Å². The van der Waals surface area contributed by atoms with Crippen molar-refractivity contribution in [1.82, 2.24) is 9.80 Å². The van der Waals surface area contributed by atoms with Crippen molar-refractivity contribution in [1.29, 1.82) is 0 Å². The maximum absolute atomic E-state index is 11.6. The van der Waals surface area contributed by atoms with Gasteiger partial charge in [0.15, 0.2) is 0 Å². The first-order valence-corrected chi connectivity index (χ1v) is 6.60. The van der Waals surface area contributed by atoms with E-state index in [1.807, 2.05) is 0 Å². The number of hydrogen-bond acceptors (Lipinski definition) is 6. The molecule has 2 fully saturated rings. The van der Waals surface area contributed by atoms with Crippen LogP contribution in [0.25, 0.3) is 0 Å². The maximum atomic E-state index is 11.6. The van der Waals surface area contributed by atoms with E-state index in [0.29, 0.717) is 26.4 Å². The number of carbonyl (C=O) groups is 1. The van der Waals surface area contributed by atoms with Crippen LogP contribution in [0.15, 0.2) is 0 Å². The first-order chi connectivity index (χ1) is 8.84. The molecule has 104 valence electrons. The molecule has 0 aliphatic carbocycles. The predicted molar refractivity (Wildman–Crippen MR) is 65.5 cm³/mol. The summed E-state index contributed by atoms with van der Waals surface area (Å²) in [5, 5.41) is 0. The molecule has 0 aromatic carbocycles. The van der Waals surface area contributed by atoms with Gasteiger partial charge in [-0.15, -0.1) is 0 Å². The fraction of sp³-hybridized carbons (Fsp3) is 0.917. The fourth-order valence-electron chi connectivity index (χ4n) is 2.10. The van der Waals surface area contributed by atoms with E-state index in [4.69, 9.17) is 14.2 Å². The number of nitrogens with zero attached hydrogens (tertiary/aromatic N) is 2. The van der Waals surface area contributed by atoms with Crippen molar-refractivity contribution in [3.63, 3.8) is 0 Å². The molecule has 0 aromatic heterocycles. The maximum Gasteiger partial charge on any atom is 0.320 e. The first-order valence-electron chi connectivity index (χ1n) is 6.60. The molecule has 2 heterocycles. The Labute approximate surface area is 108 Å². The molecule has 6 heteroatoms. The summed E-state index contributed by atoms with van der Waals surface area (Å²) < 4.78 is 15.7. The highest BCUT2D eigenvalue weighted by Gasteiger charge is 2.15. The Morgan fingerprint density at radius 3 is 2.11 bits per heavy atom. The second-order valence-corrected chi connectivity index (χ2v) is 4.56. The Balaban J connectivity index is 1.53. The van der Waals surface area contributed by atoms with E-state index < -0.39 is 0 Å². The number of hydrogen-bond donors (Lipinski definition) is 0. The summed E-state index contributed by atoms with van der Waals surface area (Å²) in [4.78, 5) is 15.9. The summed E-state index contributed by atoms with van der Waals surface area (Å²) in [5.41, 5.74) is 0. The van der Waals surface area contributed by atoms with Crippen LogP contribution in [-0.4, -0.2) is 88.1 Å². The number of ether oxygens (including phenoxy) is 3. The minimum absolute atomic E-state index is 0.134. The van der Waals surface area contributed by atoms with Crippen LogP contribution in [-0.2, 0) is 19.0 Å². The third-order valence-electron chi connectivity index (χ3n) is 3.23. The molecule has 0 atom stereocenters. The third kappa shape index (κ3) is 4.89. The van der Waals surface area contributed by atoms with E-state index in [-0.39, 0.29) is 5.97 Å². The monoisotopic (exact) mass is 258 g/mol. The molecule has 0 radical (unpaired) electrons. The highest BCUT2D eigenvalue weighted by Crippen LogP contribution is 1.98. The van der Waals surface area contributed by atoms with Crippen LogP contribution in [0.4, 0.5) is 0 Å². The van der Waals surface area contributed by atoms with Gasteiger partial charge in [0.2, 0.25) is 0 Å². The van der Waals surface area contributed by atoms with Crippen LogP contribution in [0.5, 0.6) is 0 Å². The lowest BCUT2D eigenvalue weighted by molar-refractivity contribution is -0.146. The molecule has 2 saturated heterocycles. The second-order valence-electron chi connectivity index (χ2n) is 4.56. The molecule has 2 rings (SSSR count). The van der Waals surface area contributed by atoms with Gasteiger partial charge < -0.3 is 14.2 Å². The van der Waals surface area contributed by atoms with E-state index >= 15 is 0 Å². The normalized spacial score (nSPS) is 22.9. The predicted octanol–water partition coefficient (Wildman–Crippen LogP) is -0.806. The average Bonchev–Trinajstić information content (AvgIpc) is 2.41. The van der Waals surface area contributed by atoms with Crippen LogP contribution in [0, 0.1) is 0 Å². The van der Waals surface area contributed by atoms with Gasteiger partial charge >= 0.3 is 5.97 Å². The van der Waals surface area contributed by atoms with Gasteiger partial charge in [-0.25, -0.2) is 0 Å². The van der Waals surface area contributed by atoms with Gasteiger partial charge in [-0.1, -0.05) is 0 Å². The lowest BCUT2D eigenvalue weighted by atomic mass is 10.4. The van der Waals surface area contributed by atoms with Gasteiger partial charge in [-0.3, -0.25) is 14.6 Å². The van der Waals surface area contributed by atoms with Gasteiger partial charge in [0.1, 0.15) is 6.61 Å². The Morgan fingerprint density at radius 2 is 1.50 bits per heavy atom. The van der Waals surface area contributed by atoms with Crippen molar-refractivity contribution in [3.05, 3.63) is 0 Å². The van der Waals surface area contributed by atoms with Gasteiger partial charge in [-0.05, 0) is 0 Å². The van der Waals surface area contributed by atoms with E-state index in [9.17, 15) is 4.79 Å². The molecule has 0 amide bonds. The highest BCUT2D eigenvalue weighted by molar-refractivity contribution is 5.71. The topological polar surface area (TPSA) is 51.2 Å². The molecule has 0 saturated carbocycles. The Morgan fingerprint density at radius 1 is 0.944 bits per heavy atom. The number of esters is 1. The van der Waals surface area contributed by atoms with Crippen molar-refractivity contribution >= 4 is 5.97 Å². The van der Waals surface area contributed by atoms with Crippen molar-refractivity contribution in [2.75, 3.05) is 72.3 Å². The number of rotatable bonds is 5. The van der Waals surface area contributed by atoms with Crippen LogP contribution in [0.2, 0.25) is 0 Å². The summed E-state index contributed by atoms with van der Waals surface area (Å²) in [5.74, 6) is -0.134. The van der Waals surface area contributed by atoms with Crippen molar-refractivity contribution in [3.8, 4) is 0 Å². The molecule has 2 aliphatic heterocycles. The first kappa shape index (κ1) is 13.7. The lowest BCUT2D eigenvalue weighted by Crippen LogP contribution is -2.41. The van der Waals surface area contributed by atoms with Crippen LogP contribution in [0.3, 0.4) is 0 Å². The van der Waals surface area contributed by atoms with Gasteiger partial charge in [0, 0.05) is 32.7 Å². The molecule has 18 heavy (non-hydrogen) atoms. The SMILES string of the molecule is O=C(CN1CCOCC1)OCCN1CCOCC1. The summed E-state index contributed by atoms with van der Waals surface area (Å²) in [6.45, 7) is 8.14. The zero-order valence-electron chi connectivity index (χ0n) is 10.8. The van der Waals surface area contributed by atoms with Gasteiger partial charge in [0.25, 0.3) is 0 Å². The lowest BCUT2D eigenvalue weighted by Gasteiger charge is -2.27. The molecule has 6 nitrogen and oxygen atoms in total. The Hall–Kier alpha value is -0.690. The number of morpholine rings is 2. The molecule has 0 N–H and O–H groups in total. The molecular formula is C12H22N2O4. The zero-order chi connectivity index (χ0) is 12.6. The van der Waals surface area contributed by atoms with Crippen molar-refractivity contribution in [2.24, 2.45) is 0 Å². The van der Waals surface area contributed by atoms with Gasteiger partial charge in [-0.2, -0.15) is 0 Å². The molecule has 0 aromatic rings. The molecule has 0 bridgehead atoms. The zero-order valence-corrected chi connectivity index (χ0v) is 10.8. The van der Waals surface area contributed by atoms with Crippen LogP contribution < -0.4 is 0 Å². The quantitative estimate of drug-likeness (QED) is 0.601. The molecule has 0 unspecified atom stereocenters. The fourth-order valence-corrected chi connectivity index (χ4v) is 2.10. The standard InChI is InChI=1S/C12H22N2O4/c15-12(11-14-3-8-17-9-4-14)18-10-5-13-1-6-16-7-2-13/h1-11H2. The van der Waals surface area contributed by atoms with E-state index in [1.54, 1.807) is 0 Å². The Kier molecular flexibility index (Phi) is 5.86. The summed E-state index contributed by atoms with van der Waals surface area (Å²) in [6.07, 6.45) is 0. The minimum atomic E-state index is -0.134. The average molecular weight is 258 g/mol. The van der Waals surface area contributed by atoms with E-state index in [0.717, 1.165) is 45.9 Å². The molecule has 2 aliphatic rings. The van der Waals surface area contributed by atoms with Crippen LogP contribution >= 0.6 is 0 Å². The van der Waals surface area contributed by atoms with Crippen molar-refractivity contribution in [2.45, 2.75) is 0 Å². The summed E-state index contributed by atoms with van der Waals surface area (Å²) in [6, 6.07) is 0. The largest absolute Gasteiger partial charge is 0.463 e. The smallest absolute Gasteiger partial charge is 0.320 e. The highest BCUT2D eigenvalue weighted by atomic mass is 16.5. The summed E-state index contributed by atoms with van der Waals surface area (Å²) >= 11 is 0. The van der Waals surface area contributed by atoms with Gasteiger partial charge in [0.05, 0.1) is 33.0 Å². The minimum Gasteiger partial charge on any atom is -0.463 e. The third-order valence-corrected chi connectivity index (χ3v) is 3.23. The second kappa shape index (κ2) is 7.68. The van der Waals surface area contributed by atoms with E-state index in [2.05, 4.69) is 9.80 Å². The van der Waals surface area contributed by atoms with Crippen LogP contribution in [0.1, 0.15) is 0 Å². The molecular weight excluding hydrogens is 236 g/mol.